The summed E-state index contributed by atoms with van der Waals surface area (Å²) in [5.41, 5.74) is 1.92. The summed E-state index contributed by atoms with van der Waals surface area (Å²) in [6.07, 6.45) is -1.15. The molecule has 0 radical (unpaired) electrons. The Morgan fingerprint density at radius 2 is 1.72 bits per heavy atom. The van der Waals surface area contributed by atoms with Crippen molar-refractivity contribution in [2.24, 2.45) is 0 Å². The lowest BCUT2D eigenvalue weighted by atomic mass is 9.94. The Morgan fingerprint density at radius 3 is 2.36 bits per heavy atom. The Balaban J connectivity index is 1.77. The van der Waals surface area contributed by atoms with Gasteiger partial charge in [0.2, 0.25) is 0 Å². The third-order valence-electron chi connectivity index (χ3n) is 4.21. The standard InChI is InChI=1S/C19H18F2N2O2/c1-11-6-8-13(9-7-11)12(2)18(24)19-22-17(23-25-19)10-14-15(20)4-3-5-16(14)21/h3-9,12,18,24H,10H2,1-2H3. The molecule has 1 heterocycles. The highest BCUT2D eigenvalue weighted by Crippen LogP contribution is 2.30. The van der Waals surface area contributed by atoms with E-state index >= 15 is 0 Å². The first kappa shape index (κ1) is 17.2. The van der Waals surface area contributed by atoms with Crippen LogP contribution in [0, 0.1) is 18.6 Å². The number of hydrogen-bond acceptors (Lipinski definition) is 4. The van der Waals surface area contributed by atoms with Crippen LogP contribution in [0.1, 0.15) is 47.4 Å². The lowest BCUT2D eigenvalue weighted by Crippen LogP contribution is -2.08. The van der Waals surface area contributed by atoms with Gasteiger partial charge in [-0.2, -0.15) is 4.98 Å². The van der Waals surface area contributed by atoms with Gasteiger partial charge in [0, 0.05) is 17.9 Å². The number of halogens is 2. The smallest absolute Gasteiger partial charge is 0.256 e. The van der Waals surface area contributed by atoms with Gasteiger partial charge in [-0.3, -0.25) is 0 Å². The highest BCUT2D eigenvalue weighted by molar-refractivity contribution is 5.26. The van der Waals surface area contributed by atoms with Crippen LogP contribution in [0.2, 0.25) is 0 Å². The summed E-state index contributed by atoms with van der Waals surface area (Å²) in [6, 6.07) is 11.4. The quantitative estimate of drug-likeness (QED) is 0.757. The van der Waals surface area contributed by atoms with Crippen molar-refractivity contribution in [1.82, 2.24) is 10.1 Å². The molecule has 25 heavy (non-hydrogen) atoms. The minimum absolute atomic E-state index is 0.0276. The van der Waals surface area contributed by atoms with E-state index in [1.807, 2.05) is 38.1 Å². The van der Waals surface area contributed by atoms with E-state index in [2.05, 4.69) is 10.1 Å². The molecule has 0 amide bonds. The summed E-state index contributed by atoms with van der Waals surface area (Å²) in [7, 11) is 0. The van der Waals surface area contributed by atoms with Gasteiger partial charge in [0.1, 0.15) is 17.7 Å². The normalized spacial score (nSPS) is 13.6. The minimum atomic E-state index is -1.01. The summed E-state index contributed by atoms with van der Waals surface area (Å²) in [6.45, 7) is 3.83. The maximum atomic E-state index is 13.7. The Labute approximate surface area is 144 Å². The zero-order chi connectivity index (χ0) is 18.0. The number of aryl methyl sites for hydroxylation is 1. The summed E-state index contributed by atoms with van der Waals surface area (Å²) in [5.74, 6) is -1.45. The van der Waals surface area contributed by atoms with Gasteiger partial charge in [-0.1, -0.05) is 48.0 Å². The molecule has 3 rings (SSSR count). The highest BCUT2D eigenvalue weighted by atomic mass is 19.1. The van der Waals surface area contributed by atoms with Crippen molar-refractivity contribution < 1.29 is 18.4 Å². The van der Waals surface area contributed by atoms with Crippen LogP contribution in [-0.4, -0.2) is 15.2 Å². The van der Waals surface area contributed by atoms with Gasteiger partial charge in [0.25, 0.3) is 5.89 Å². The lowest BCUT2D eigenvalue weighted by Gasteiger charge is -2.15. The first-order chi connectivity index (χ1) is 12.0. The third-order valence-corrected chi connectivity index (χ3v) is 4.21. The molecule has 1 N–H and O–H groups in total. The van der Waals surface area contributed by atoms with Crippen molar-refractivity contribution >= 4 is 0 Å². The van der Waals surface area contributed by atoms with E-state index in [4.69, 9.17) is 4.52 Å². The molecule has 2 unspecified atom stereocenters. The Bertz CT molecular complexity index is 842. The van der Waals surface area contributed by atoms with Crippen molar-refractivity contribution in [2.75, 3.05) is 0 Å². The monoisotopic (exact) mass is 344 g/mol. The largest absolute Gasteiger partial charge is 0.383 e. The Hall–Kier alpha value is -2.60. The maximum Gasteiger partial charge on any atom is 0.256 e. The third kappa shape index (κ3) is 3.74. The molecule has 3 aromatic rings. The van der Waals surface area contributed by atoms with E-state index < -0.39 is 17.7 Å². The topological polar surface area (TPSA) is 59.2 Å². The van der Waals surface area contributed by atoms with E-state index in [1.54, 1.807) is 0 Å². The molecule has 4 nitrogen and oxygen atoms in total. The fourth-order valence-corrected chi connectivity index (χ4v) is 2.58. The fraction of sp³-hybridized carbons (Fsp3) is 0.263. The van der Waals surface area contributed by atoms with E-state index in [0.717, 1.165) is 11.1 Å². The molecule has 0 fully saturated rings. The fourth-order valence-electron chi connectivity index (χ4n) is 2.58. The lowest BCUT2D eigenvalue weighted by molar-refractivity contribution is 0.111. The van der Waals surface area contributed by atoms with E-state index in [1.165, 1.54) is 18.2 Å². The molecule has 0 aliphatic heterocycles. The van der Waals surface area contributed by atoms with Crippen molar-refractivity contribution in [3.8, 4) is 0 Å². The van der Waals surface area contributed by atoms with Crippen molar-refractivity contribution in [3.05, 3.63) is 82.5 Å². The molecule has 2 atom stereocenters. The van der Waals surface area contributed by atoms with Gasteiger partial charge < -0.3 is 9.63 Å². The average Bonchev–Trinajstić information content (AvgIpc) is 3.06. The number of aliphatic hydroxyl groups excluding tert-OH is 1. The molecule has 1 aromatic heterocycles. The average molecular weight is 344 g/mol. The number of rotatable bonds is 5. The van der Waals surface area contributed by atoms with Crippen LogP contribution < -0.4 is 0 Å². The summed E-state index contributed by atoms with van der Waals surface area (Å²) < 4.78 is 32.5. The number of aliphatic hydroxyl groups is 1. The predicted molar refractivity (Wildman–Crippen MR) is 88.0 cm³/mol. The molecule has 0 bridgehead atoms. The van der Waals surface area contributed by atoms with Gasteiger partial charge in [-0.15, -0.1) is 0 Å². The van der Waals surface area contributed by atoms with Gasteiger partial charge in [-0.05, 0) is 24.6 Å². The molecule has 0 aliphatic carbocycles. The van der Waals surface area contributed by atoms with E-state index in [0.29, 0.717) is 0 Å². The first-order valence-electron chi connectivity index (χ1n) is 7.95. The second-order valence-corrected chi connectivity index (χ2v) is 6.07. The molecule has 130 valence electrons. The van der Waals surface area contributed by atoms with Crippen LogP contribution in [0.5, 0.6) is 0 Å². The van der Waals surface area contributed by atoms with Crippen molar-refractivity contribution in [3.63, 3.8) is 0 Å². The number of benzene rings is 2. The highest BCUT2D eigenvalue weighted by Gasteiger charge is 2.24. The van der Waals surface area contributed by atoms with E-state index in [-0.39, 0.29) is 29.6 Å². The number of hydrogen-bond donors (Lipinski definition) is 1. The van der Waals surface area contributed by atoms with Gasteiger partial charge in [0.15, 0.2) is 5.82 Å². The Kier molecular flexibility index (Phi) is 4.90. The first-order valence-corrected chi connectivity index (χ1v) is 7.95. The molecule has 0 spiro atoms. The molecule has 6 heteroatoms. The SMILES string of the molecule is Cc1ccc(C(C)C(O)c2nc(Cc3c(F)cccc3F)no2)cc1. The van der Waals surface area contributed by atoms with Crippen molar-refractivity contribution in [1.29, 1.82) is 0 Å². The van der Waals surface area contributed by atoms with E-state index in [9.17, 15) is 13.9 Å². The van der Waals surface area contributed by atoms with Crippen LogP contribution in [0.4, 0.5) is 8.78 Å². The second kappa shape index (κ2) is 7.11. The van der Waals surface area contributed by atoms with Crippen LogP contribution in [-0.2, 0) is 6.42 Å². The second-order valence-electron chi connectivity index (χ2n) is 6.07. The van der Waals surface area contributed by atoms with Gasteiger partial charge in [-0.25, -0.2) is 8.78 Å². The zero-order valence-electron chi connectivity index (χ0n) is 13.9. The molecular weight excluding hydrogens is 326 g/mol. The van der Waals surface area contributed by atoms with Gasteiger partial charge in [0.05, 0.1) is 0 Å². The van der Waals surface area contributed by atoms with Crippen LogP contribution in [0.15, 0.2) is 47.0 Å². The maximum absolute atomic E-state index is 13.7. The van der Waals surface area contributed by atoms with Crippen LogP contribution in [0.25, 0.3) is 0 Å². The molecule has 0 saturated carbocycles. The number of nitrogens with zero attached hydrogens (tertiary/aromatic N) is 2. The summed E-state index contributed by atoms with van der Waals surface area (Å²) >= 11 is 0. The molecule has 0 saturated heterocycles. The predicted octanol–water partition coefficient (Wildman–Crippen LogP) is 4.08. The minimum Gasteiger partial charge on any atom is -0.383 e. The molecule has 0 aliphatic rings. The summed E-state index contributed by atoms with van der Waals surface area (Å²) in [5, 5.41) is 14.2. The zero-order valence-corrected chi connectivity index (χ0v) is 13.9. The Morgan fingerprint density at radius 1 is 1.08 bits per heavy atom. The van der Waals surface area contributed by atoms with Crippen molar-refractivity contribution in [2.45, 2.75) is 32.3 Å². The van der Waals surface area contributed by atoms with Crippen LogP contribution in [0.3, 0.4) is 0 Å². The molecular formula is C19H18F2N2O2. The number of aromatic nitrogens is 2. The van der Waals surface area contributed by atoms with Gasteiger partial charge >= 0.3 is 0 Å². The van der Waals surface area contributed by atoms with Crippen LogP contribution >= 0.6 is 0 Å². The molecule has 2 aromatic carbocycles. The summed E-state index contributed by atoms with van der Waals surface area (Å²) in [4.78, 5) is 4.09.